The second-order valence-corrected chi connectivity index (χ2v) is 13.7. The molecule has 2 aromatic carbocycles. The third kappa shape index (κ3) is 5.53. The van der Waals surface area contributed by atoms with Gasteiger partial charge in [0.2, 0.25) is 5.88 Å². The summed E-state index contributed by atoms with van der Waals surface area (Å²) in [6, 6.07) is 4.99. The van der Waals surface area contributed by atoms with Gasteiger partial charge in [-0.1, -0.05) is 12.0 Å². The number of benzene rings is 2. The van der Waals surface area contributed by atoms with Crippen LogP contribution in [0.15, 0.2) is 24.3 Å². The molecule has 5 heterocycles. The number of anilines is 1. The van der Waals surface area contributed by atoms with E-state index < -0.39 is 23.7 Å². The first-order chi connectivity index (χ1) is 23.4. The monoisotopic (exact) mass is 680 g/mol. The fourth-order valence-electron chi connectivity index (χ4n) is 7.52. The van der Waals surface area contributed by atoms with Crippen molar-refractivity contribution in [3.05, 3.63) is 41.5 Å². The van der Waals surface area contributed by atoms with Crippen molar-refractivity contribution in [1.82, 2.24) is 25.2 Å². The summed E-state index contributed by atoms with van der Waals surface area (Å²) in [5.41, 5.74) is -0.801. The predicted molar refractivity (Wildman–Crippen MR) is 172 cm³/mol. The molecule has 2 N–H and O–H groups in total. The number of nitrogens with one attached hydrogen (secondary N) is 1. The molecule has 2 saturated heterocycles. The Morgan fingerprint density at radius 3 is 2.69 bits per heavy atom. The van der Waals surface area contributed by atoms with Crippen molar-refractivity contribution < 1.29 is 36.5 Å². The van der Waals surface area contributed by atoms with Crippen LogP contribution in [0.5, 0.6) is 17.6 Å². The number of pyridine rings is 1. The second-order valence-electron chi connectivity index (χ2n) is 13.7. The van der Waals surface area contributed by atoms with Crippen LogP contribution in [0.25, 0.3) is 32.9 Å². The van der Waals surface area contributed by atoms with Crippen LogP contribution in [0.3, 0.4) is 0 Å². The van der Waals surface area contributed by atoms with Crippen molar-refractivity contribution in [2.24, 2.45) is 11.3 Å². The van der Waals surface area contributed by atoms with E-state index in [-0.39, 0.29) is 94.4 Å². The van der Waals surface area contributed by atoms with Gasteiger partial charge in [0.25, 0.3) is 0 Å². The zero-order valence-electron chi connectivity index (χ0n) is 26.6. The number of phenolic OH excluding ortho intramolecular Hbond substituents is 1. The summed E-state index contributed by atoms with van der Waals surface area (Å²) in [5, 5.41) is 14.9. The lowest BCUT2D eigenvalue weighted by Gasteiger charge is -2.39. The number of hydrogen-bond donors (Lipinski definition) is 2. The molecule has 1 saturated carbocycles. The standard InChI is InChI=1S/C35H33F5N6O3/c1-3-22-24(36)5-4-19-12-21(47)13-23(26(19)22)29-28(37)30-27-31(46-11-9-41-18(2)25(46)15-48-32(27)42-29)44-33(43-30)49-17-34(7-8-34)16-45-10-6-20(14-45)35(38,39)40/h1,4-5,12-13,18,20,25,41,47H,6-11,14-17H2,2H3/t18-,20+,25+/m0/s1. The van der Waals surface area contributed by atoms with Gasteiger partial charge in [0, 0.05) is 48.6 Å². The molecular weight excluding hydrogens is 647 g/mol. The zero-order chi connectivity index (χ0) is 34.2. The molecule has 0 radical (unpaired) electrons. The van der Waals surface area contributed by atoms with Crippen LogP contribution in [0.2, 0.25) is 0 Å². The largest absolute Gasteiger partial charge is 0.508 e. The number of aromatic nitrogens is 3. The first-order valence-electron chi connectivity index (χ1n) is 16.3. The number of ether oxygens (including phenoxy) is 2. The van der Waals surface area contributed by atoms with Crippen molar-refractivity contribution in [3.63, 3.8) is 0 Å². The number of aromatic hydroxyl groups is 1. The molecule has 3 aliphatic heterocycles. The molecule has 4 aromatic rings. The number of halogens is 5. The average Bonchev–Trinajstić information content (AvgIpc) is 3.70. The topological polar surface area (TPSA) is 95.9 Å². The van der Waals surface area contributed by atoms with E-state index in [2.05, 4.69) is 21.2 Å². The van der Waals surface area contributed by atoms with E-state index >= 15 is 4.39 Å². The van der Waals surface area contributed by atoms with E-state index in [1.54, 1.807) is 0 Å². The molecular formula is C35H33F5N6O3. The Kier molecular flexibility index (Phi) is 7.49. The van der Waals surface area contributed by atoms with Crippen LogP contribution in [0.4, 0.5) is 27.8 Å². The number of phenols is 1. The maximum absolute atomic E-state index is 17.0. The molecule has 0 spiro atoms. The molecule has 3 atom stereocenters. The van der Waals surface area contributed by atoms with E-state index in [0.29, 0.717) is 37.4 Å². The van der Waals surface area contributed by atoms with Crippen LogP contribution in [0.1, 0.15) is 31.7 Å². The van der Waals surface area contributed by atoms with Crippen molar-refractivity contribution >= 4 is 27.5 Å². The van der Waals surface area contributed by atoms with Gasteiger partial charge >= 0.3 is 12.2 Å². The Balaban J connectivity index is 1.22. The number of fused-ring (bicyclic) bond motifs is 3. The number of alkyl halides is 3. The summed E-state index contributed by atoms with van der Waals surface area (Å²) in [7, 11) is 0. The first-order valence-corrected chi connectivity index (χ1v) is 16.3. The number of rotatable bonds is 6. The molecule has 0 amide bonds. The number of hydrogen-bond acceptors (Lipinski definition) is 9. The van der Waals surface area contributed by atoms with Crippen molar-refractivity contribution in [1.29, 1.82) is 0 Å². The Morgan fingerprint density at radius 2 is 1.96 bits per heavy atom. The highest BCUT2D eigenvalue weighted by Crippen LogP contribution is 2.48. The highest BCUT2D eigenvalue weighted by molar-refractivity contribution is 6.04. The normalized spacial score (nSPS) is 23.2. The Hall–Kier alpha value is -4.48. The third-order valence-electron chi connectivity index (χ3n) is 10.4. The van der Waals surface area contributed by atoms with Gasteiger partial charge in [0.1, 0.15) is 40.6 Å². The average molecular weight is 681 g/mol. The molecule has 0 unspecified atom stereocenters. The zero-order valence-corrected chi connectivity index (χ0v) is 26.6. The molecule has 1 aliphatic carbocycles. The molecule has 4 aliphatic rings. The minimum Gasteiger partial charge on any atom is -0.508 e. The lowest BCUT2D eigenvalue weighted by atomic mass is 9.95. The van der Waals surface area contributed by atoms with Crippen molar-refractivity contribution in [2.75, 3.05) is 50.8 Å². The Labute approximate surface area is 278 Å². The Bertz CT molecular complexity index is 2030. The SMILES string of the molecule is C#Cc1c(F)ccc2cc(O)cc(-c3nc4c5c(nc(OCC6(CN7CC[C@@H](C(F)(F)F)C7)CC6)nc5c3F)N3CCN[C@@H](C)[C@H]3CO4)c12. The highest BCUT2D eigenvalue weighted by Gasteiger charge is 2.49. The van der Waals surface area contributed by atoms with Crippen LogP contribution in [0, 0.1) is 35.3 Å². The summed E-state index contributed by atoms with van der Waals surface area (Å²) in [4.78, 5) is 17.7. The first kappa shape index (κ1) is 31.8. The highest BCUT2D eigenvalue weighted by atomic mass is 19.4. The summed E-state index contributed by atoms with van der Waals surface area (Å²) >= 11 is 0. The van der Waals surface area contributed by atoms with Gasteiger partial charge < -0.3 is 29.7 Å². The van der Waals surface area contributed by atoms with Crippen LogP contribution >= 0.6 is 0 Å². The van der Waals surface area contributed by atoms with E-state index in [4.69, 9.17) is 20.9 Å². The lowest BCUT2D eigenvalue weighted by molar-refractivity contribution is -0.170. The second kappa shape index (κ2) is 11.6. The van der Waals surface area contributed by atoms with E-state index in [1.165, 1.54) is 24.3 Å². The Morgan fingerprint density at radius 1 is 1.14 bits per heavy atom. The maximum Gasteiger partial charge on any atom is 0.393 e. The van der Waals surface area contributed by atoms with Gasteiger partial charge in [0.15, 0.2) is 5.82 Å². The smallest absolute Gasteiger partial charge is 0.393 e. The summed E-state index contributed by atoms with van der Waals surface area (Å²) in [5.74, 6) is -0.295. The number of nitrogens with zero attached hydrogens (tertiary/aromatic N) is 5. The van der Waals surface area contributed by atoms with E-state index in [9.17, 15) is 22.7 Å². The quantitative estimate of drug-likeness (QED) is 0.205. The van der Waals surface area contributed by atoms with E-state index in [0.717, 1.165) is 12.8 Å². The van der Waals surface area contributed by atoms with Gasteiger partial charge in [0.05, 0.1) is 24.1 Å². The van der Waals surface area contributed by atoms with Crippen LogP contribution in [-0.2, 0) is 0 Å². The molecule has 2 aromatic heterocycles. The summed E-state index contributed by atoms with van der Waals surface area (Å²) in [6.45, 7) is 4.31. The lowest BCUT2D eigenvalue weighted by Crippen LogP contribution is -2.59. The number of terminal acetylenes is 1. The fraction of sp³-hybridized carbons (Fsp3) is 0.457. The molecule has 9 nitrogen and oxygen atoms in total. The third-order valence-corrected chi connectivity index (χ3v) is 10.4. The van der Waals surface area contributed by atoms with Crippen LogP contribution in [-0.4, -0.2) is 89.2 Å². The van der Waals surface area contributed by atoms with Crippen molar-refractivity contribution in [2.45, 2.75) is 44.4 Å². The molecule has 3 fully saturated rings. The molecule has 14 heteroatoms. The van der Waals surface area contributed by atoms with Gasteiger partial charge in [-0.2, -0.15) is 23.1 Å². The maximum atomic E-state index is 17.0. The minimum absolute atomic E-state index is 0.0198. The fourth-order valence-corrected chi connectivity index (χ4v) is 7.52. The number of piperazine rings is 1. The summed E-state index contributed by atoms with van der Waals surface area (Å²) in [6.07, 6.45) is 3.10. The summed E-state index contributed by atoms with van der Waals surface area (Å²) < 4.78 is 84.3. The van der Waals surface area contributed by atoms with Gasteiger partial charge in [-0.3, -0.25) is 0 Å². The van der Waals surface area contributed by atoms with Gasteiger partial charge in [-0.25, -0.2) is 13.8 Å². The molecule has 256 valence electrons. The number of likely N-dealkylation sites (tertiary alicyclic amines) is 1. The predicted octanol–water partition coefficient (Wildman–Crippen LogP) is 5.41. The van der Waals surface area contributed by atoms with Gasteiger partial charge in [-0.05, 0) is 56.3 Å². The van der Waals surface area contributed by atoms with E-state index in [1.807, 2.05) is 16.7 Å². The minimum atomic E-state index is -4.22. The van der Waals surface area contributed by atoms with Gasteiger partial charge in [-0.15, -0.1) is 6.42 Å². The van der Waals surface area contributed by atoms with Crippen molar-refractivity contribution in [3.8, 4) is 41.2 Å². The molecule has 49 heavy (non-hydrogen) atoms. The molecule has 8 rings (SSSR count). The van der Waals surface area contributed by atoms with Crippen LogP contribution < -0.4 is 19.7 Å². The molecule has 0 bridgehead atoms.